The van der Waals surface area contributed by atoms with Crippen LogP contribution in [0.25, 0.3) is 27.8 Å². The summed E-state index contributed by atoms with van der Waals surface area (Å²) in [6.45, 7) is 0.165. The fourth-order valence-corrected chi connectivity index (χ4v) is 5.13. The molecular formula is C25H23N5O4S. The molecule has 0 spiro atoms. The van der Waals surface area contributed by atoms with Crippen LogP contribution in [0.1, 0.15) is 5.56 Å². The van der Waals surface area contributed by atoms with Gasteiger partial charge >= 0.3 is 0 Å². The number of hydrogen-bond acceptors (Lipinski definition) is 6. The van der Waals surface area contributed by atoms with Gasteiger partial charge in [-0.1, -0.05) is 36.4 Å². The lowest BCUT2D eigenvalue weighted by Crippen LogP contribution is -2.23. The van der Waals surface area contributed by atoms with Crippen LogP contribution in [-0.2, 0) is 16.6 Å². The average Bonchev–Trinajstić information content (AvgIpc) is 3.58. The molecule has 3 aromatic heterocycles. The van der Waals surface area contributed by atoms with E-state index in [1.54, 1.807) is 48.4 Å². The van der Waals surface area contributed by atoms with Crippen molar-refractivity contribution in [2.45, 2.75) is 11.4 Å². The second-order valence-corrected chi connectivity index (χ2v) is 9.55. The molecule has 0 aliphatic heterocycles. The van der Waals surface area contributed by atoms with E-state index in [-0.39, 0.29) is 17.2 Å². The first kappa shape index (κ1) is 22.6. The fourth-order valence-electron chi connectivity index (χ4n) is 3.92. The number of hydrogen-bond donors (Lipinski definition) is 2. The first-order valence-corrected chi connectivity index (χ1v) is 12.2. The Morgan fingerprint density at radius 3 is 2.46 bits per heavy atom. The van der Waals surface area contributed by atoms with Crippen molar-refractivity contribution in [3.63, 3.8) is 0 Å². The monoisotopic (exact) mass is 489 g/mol. The first-order chi connectivity index (χ1) is 17.0. The molecule has 9 nitrogen and oxygen atoms in total. The van der Waals surface area contributed by atoms with E-state index in [0.717, 1.165) is 22.3 Å². The average molecular weight is 490 g/mol. The lowest BCUT2D eigenvalue weighted by atomic mass is 10.1. The second kappa shape index (κ2) is 9.24. The molecule has 3 heterocycles. The Labute approximate surface area is 202 Å². The van der Waals surface area contributed by atoms with Crippen LogP contribution in [0.4, 0.5) is 0 Å². The number of rotatable bonds is 8. The van der Waals surface area contributed by atoms with Gasteiger partial charge < -0.3 is 9.47 Å². The van der Waals surface area contributed by atoms with Gasteiger partial charge in [0.15, 0.2) is 0 Å². The van der Waals surface area contributed by atoms with Gasteiger partial charge in [-0.15, -0.1) is 0 Å². The van der Waals surface area contributed by atoms with Gasteiger partial charge in [0.05, 0.1) is 26.6 Å². The van der Waals surface area contributed by atoms with Crippen molar-refractivity contribution < 1.29 is 17.9 Å². The number of fused-ring (bicyclic) bond motifs is 1. The molecule has 0 aliphatic carbocycles. The summed E-state index contributed by atoms with van der Waals surface area (Å²) < 4.78 is 41.9. The minimum Gasteiger partial charge on any atom is -0.495 e. The van der Waals surface area contributed by atoms with E-state index >= 15 is 0 Å². The number of aromatic nitrogens is 4. The van der Waals surface area contributed by atoms with Crippen LogP contribution in [0.3, 0.4) is 0 Å². The minimum atomic E-state index is -3.86. The molecule has 0 radical (unpaired) electrons. The summed E-state index contributed by atoms with van der Waals surface area (Å²) in [4.78, 5) is 0.0433. The Bertz CT molecular complexity index is 1580. The Hall–Kier alpha value is -4.15. The van der Waals surface area contributed by atoms with E-state index in [2.05, 4.69) is 20.0 Å². The van der Waals surface area contributed by atoms with E-state index in [0.29, 0.717) is 16.8 Å². The zero-order valence-corrected chi connectivity index (χ0v) is 19.9. The van der Waals surface area contributed by atoms with E-state index in [9.17, 15) is 8.42 Å². The molecule has 0 saturated carbocycles. The maximum atomic E-state index is 13.2. The SMILES string of the molecule is COc1ccc(-c2cnn3cc(-c4cn[nH]c4)cc(OC)c23)cc1S(=O)(=O)NCc1ccccc1. The van der Waals surface area contributed by atoms with Crippen molar-refractivity contribution in [2.75, 3.05) is 14.2 Å². The van der Waals surface area contributed by atoms with E-state index in [1.807, 2.05) is 42.6 Å². The van der Waals surface area contributed by atoms with Crippen LogP contribution in [0, 0.1) is 0 Å². The molecule has 0 atom stereocenters. The van der Waals surface area contributed by atoms with Crippen molar-refractivity contribution in [3.8, 4) is 33.8 Å². The highest BCUT2D eigenvalue weighted by molar-refractivity contribution is 7.89. The molecule has 0 amide bonds. The standard InChI is InChI=1S/C25H23N5O4S/c1-33-22-9-8-18(11-24(22)35(31,32)29-12-17-6-4-3-5-7-17)21-15-28-30-16-19(20-13-26-27-14-20)10-23(34-2)25(21)30/h3-11,13-16,29H,12H2,1-2H3,(H,26,27). The Morgan fingerprint density at radius 2 is 1.74 bits per heavy atom. The largest absolute Gasteiger partial charge is 0.495 e. The quantitative estimate of drug-likeness (QED) is 0.342. The molecular weight excluding hydrogens is 466 g/mol. The predicted octanol–water partition coefficient (Wildman–Crippen LogP) is 3.89. The molecule has 0 fully saturated rings. The Kier molecular flexibility index (Phi) is 5.98. The molecule has 2 N–H and O–H groups in total. The fraction of sp³-hybridized carbons (Fsp3) is 0.120. The van der Waals surface area contributed by atoms with Crippen molar-refractivity contribution in [1.82, 2.24) is 24.5 Å². The van der Waals surface area contributed by atoms with Gasteiger partial charge in [0.25, 0.3) is 0 Å². The summed E-state index contributed by atoms with van der Waals surface area (Å²) in [5, 5.41) is 11.3. The summed E-state index contributed by atoms with van der Waals surface area (Å²) in [7, 11) is -0.833. The highest BCUT2D eigenvalue weighted by Crippen LogP contribution is 2.37. The van der Waals surface area contributed by atoms with Crippen molar-refractivity contribution in [3.05, 3.63) is 84.9 Å². The summed E-state index contributed by atoms with van der Waals surface area (Å²) in [6.07, 6.45) is 7.06. The van der Waals surface area contributed by atoms with Crippen LogP contribution in [0.2, 0.25) is 0 Å². The van der Waals surface area contributed by atoms with Gasteiger partial charge in [0, 0.05) is 35.6 Å². The number of H-pyrrole nitrogens is 1. The maximum Gasteiger partial charge on any atom is 0.244 e. The van der Waals surface area contributed by atoms with Crippen LogP contribution in [0.15, 0.2) is 84.3 Å². The summed E-state index contributed by atoms with van der Waals surface area (Å²) in [5.41, 5.74) is 4.72. The lowest BCUT2D eigenvalue weighted by Gasteiger charge is -2.13. The topological polar surface area (TPSA) is 111 Å². The third-order valence-electron chi connectivity index (χ3n) is 5.70. The first-order valence-electron chi connectivity index (χ1n) is 10.8. The second-order valence-electron chi connectivity index (χ2n) is 7.81. The maximum absolute atomic E-state index is 13.2. The molecule has 0 bridgehead atoms. The van der Waals surface area contributed by atoms with Gasteiger partial charge in [0.2, 0.25) is 10.0 Å². The van der Waals surface area contributed by atoms with Crippen molar-refractivity contribution in [2.24, 2.45) is 0 Å². The van der Waals surface area contributed by atoms with E-state index in [1.165, 1.54) is 7.11 Å². The number of ether oxygens (including phenoxy) is 2. The summed E-state index contributed by atoms with van der Waals surface area (Å²) in [6, 6.07) is 16.3. The number of benzene rings is 2. The van der Waals surface area contributed by atoms with Gasteiger partial charge in [-0.3, -0.25) is 5.10 Å². The van der Waals surface area contributed by atoms with Crippen molar-refractivity contribution in [1.29, 1.82) is 0 Å². The summed E-state index contributed by atoms with van der Waals surface area (Å²) >= 11 is 0. The third-order valence-corrected chi connectivity index (χ3v) is 7.12. The molecule has 5 rings (SSSR count). The number of pyridine rings is 1. The molecule has 178 valence electrons. The Balaban J connectivity index is 1.56. The number of nitrogens with one attached hydrogen (secondary N) is 2. The number of methoxy groups -OCH3 is 2. The Morgan fingerprint density at radius 1 is 0.943 bits per heavy atom. The normalized spacial score (nSPS) is 11.6. The van der Waals surface area contributed by atoms with Crippen LogP contribution in [0.5, 0.6) is 11.5 Å². The zero-order chi connectivity index (χ0) is 24.4. The molecule has 0 aliphatic rings. The smallest absolute Gasteiger partial charge is 0.244 e. The van der Waals surface area contributed by atoms with Crippen LogP contribution >= 0.6 is 0 Å². The van der Waals surface area contributed by atoms with Crippen LogP contribution < -0.4 is 14.2 Å². The molecule has 10 heteroatoms. The molecule has 5 aromatic rings. The number of aromatic amines is 1. The van der Waals surface area contributed by atoms with Gasteiger partial charge in [-0.2, -0.15) is 10.2 Å². The highest BCUT2D eigenvalue weighted by Gasteiger charge is 2.22. The zero-order valence-electron chi connectivity index (χ0n) is 19.1. The number of nitrogens with zero attached hydrogens (tertiary/aromatic N) is 3. The van der Waals surface area contributed by atoms with E-state index in [4.69, 9.17) is 9.47 Å². The van der Waals surface area contributed by atoms with E-state index < -0.39 is 10.0 Å². The number of sulfonamides is 1. The lowest BCUT2D eigenvalue weighted by molar-refractivity contribution is 0.402. The van der Waals surface area contributed by atoms with Gasteiger partial charge in [-0.05, 0) is 29.3 Å². The molecule has 0 saturated heterocycles. The molecule has 2 aromatic carbocycles. The van der Waals surface area contributed by atoms with Gasteiger partial charge in [0.1, 0.15) is 21.9 Å². The molecule has 0 unspecified atom stereocenters. The third kappa shape index (κ3) is 4.36. The van der Waals surface area contributed by atoms with Gasteiger partial charge in [-0.25, -0.2) is 17.7 Å². The highest BCUT2D eigenvalue weighted by atomic mass is 32.2. The van der Waals surface area contributed by atoms with Crippen molar-refractivity contribution >= 4 is 15.5 Å². The minimum absolute atomic E-state index is 0.0433. The van der Waals surface area contributed by atoms with Crippen LogP contribution in [-0.4, -0.2) is 42.4 Å². The predicted molar refractivity (Wildman–Crippen MR) is 132 cm³/mol. The molecule has 35 heavy (non-hydrogen) atoms. The summed E-state index contributed by atoms with van der Waals surface area (Å²) in [5.74, 6) is 0.846.